The number of amides is 2. The van der Waals surface area contributed by atoms with E-state index in [9.17, 15) is 19.5 Å². The molecular formula is C27H30N2O6. The third kappa shape index (κ3) is 4.50. The molecule has 5 rings (SSSR count). The van der Waals surface area contributed by atoms with Crippen molar-refractivity contribution in [2.75, 3.05) is 13.2 Å². The molecule has 0 radical (unpaired) electrons. The number of carbonyl (C=O) groups excluding carboxylic acids is 2. The van der Waals surface area contributed by atoms with E-state index in [1.807, 2.05) is 31.2 Å². The molecular weight excluding hydrogens is 448 g/mol. The number of carboxylic acids is 1. The summed E-state index contributed by atoms with van der Waals surface area (Å²) in [5.41, 5.74) is 4.63. The first-order chi connectivity index (χ1) is 16.9. The van der Waals surface area contributed by atoms with Gasteiger partial charge in [0.25, 0.3) is 0 Å². The number of ether oxygens (including phenoxy) is 2. The number of carbonyl (C=O) groups is 3. The number of fused-ring (bicyclic) bond motifs is 4. The maximum Gasteiger partial charge on any atom is 0.407 e. The smallest absolute Gasteiger partial charge is 0.407 e. The highest BCUT2D eigenvalue weighted by atomic mass is 16.5. The van der Waals surface area contributed by atoms with Crippen LogP contribution in [0.4, 0.5) is 4.79 Å². The Bertz CT molecular complexity index is 1090. The number of benzene rings is 2. The minimum Gasteiger partial charge on any atom is -0.480 e. The summed E-state index contributed by atoms with van der Waals surface area (Å²) in [6.07, 6.45) is 0.812. The summed E-state index contributed by atoms with van der Waals surface area (Å²) < 4.78 is 11.2. The SMILES string of the molecule is CC(CCC(=O)N1C(C(=O)O)C[C@H]2OCC[C@H]21)NC(=O)OCC1c2ccccc2-c2ccccc21. The van der Waals surface area contributed by atoms with Gasteiger partial charge in [-0.2, -0.15) is 0 Å². The van der Waals surface area contributed by atoms with Crippen LogP contribution in [0.1, 0.15) is 49.7 Å². The van der Waals surface area contributed by atoms with Crippen LogP contribution >= 0.6 is 0 Å². The van der Waals surface area contributed by atoms with Gasteiger partial charge in [-0.05, 0) is 42.0 Å². The maximum atomic E-state index is 12.9. The minimum atomic E-state index is -0.999. The monoisotopic (exact) mass is 478 g/mol. The molecule has 2 aromatic carbocycles. The first-order valence-corrected chi connectivity index (χ1v) is 12.2. The molecule has 3 aliphatic rings. The summed E-state index contributed by atoms with van der Waals surface area (Å²) in [4.78, 5) is 38.5. The van der Waals surface area contributed by atoms with Crippen LogP contribution in [0.25, 0.3) is 11.1 Å². The fourth-order valence-corrected chi connectivity index (χ4v) is 5.71. The zero-order chi connectivity index (χ0) is 24.5. The van der Waals surface area contributed by atoms with Gasteiger partial charge in [0, 0.05) is 31.4 Å². The van der Waals surface area contributed by atoms with Crippen LogP contribution in [-0.2, 0) is 19.1 Å². The summed E-state index contributed by atoms with van der Waals surface area (Å²) in [6, 6.07) is 15.0. The van der Waals surface area contributed by atoms with Gasteiger partial charge >= 0.3 is 12.1 Å². The van der Waals surface area contributed by atoms with E-state index in [0.29, 0.717) is 25.9 Å². The normalized spacial score (nSPS) is 23.3. The predicted molar refractivity (Wildman–Crippen MR) is 128 cm³/mol. The van der Waals surface area contributed by atoms with E-state index in [2.05, 4.69) is 29.6 Å². The Morgan fingerprint density at radius 2 is 1.77 bits per heavy atom. The highest BCUT2D eigenvalue weighted by molar-refractivity contribution is 5.85. The molecule has 1 aliphatic carbocycles. The van der Waals surface area contributed by atoms with Gasteiger partial charge in [-0.15, -0.1) is 0 Å². The maximum absolute atomic E-state index is 12.9. The molecule has 4 atom stereocenters. The number of carboxylic acid groups (broad SMARTS) is 1. The fourth-order valence-electron chi connectivity index (χ4n) is 5.71. The second-order valence-corrected chi connectivity index (χ2v) is 9.57. The third-order valence-electron chi connectivity index (χ3n) is 7.40. The lowest BCUT2D eigenvalue weighted by molar-refractivity contribution is -0.149. The number of hydrogen-bond acceptors (Lipinski definition) is 5. The summed E-state index contributed by atoms with van der Waals surface area (Å²) in [5, 5.41) is 12.3. The van der Waals surface area contributed by atoms with Crippen molar-refractivity contribution in [1.82, 2.24) is 10.2 Å². The zero-order valence-electron chi connectivity index (χ0n) is 19.7. The first kappa shape index (κ1) is 23.4. The number of hydrogen-bond donors (Lipinski definition) is 2. The zero-order valence-corrected chi connectivity index (χ0v) is 19.7. The van der Waals surface area contributed by atoms with Gasteiger partial charge in [0.15, 0.2) is 0 Å². The molecule has 184 valence electrons. The molecule has 35 heavy (non-hydrogen) atoms. The molecule has 2 amide bonds. The van der Waals surface area contributed by atoms with E-state index in [0.717, 1.165) is 11.1 Å². The number of rotatable bonds is 7. The lowest BCUT2D eigenvalue weighted by Gasteiger charge is -2.27. The number of likely N-dealkylation sites (tertiary alicyclic amines) is 1. The van der Waals surface area contributed by atoms with Crippen molar-refractivity contribution in [3.63, 3.8) is 0 Å². The van der Waals surface area contributed by atoms with Crippen molar-refractivity contribution in [2.45, 2.75) is 62.8 Å². The Balaban J connectivity index is 1.13. The molecule has 8 heteroatoms. The van der Waals surface area contributed by atoms with E-state index in [4.69, 9.17) is 9.47 Å². The van der Waals surface area contributed by atoms with E-state index in [1.54, 1.807) is 0 Å². The van der Waals surface area contributed by atoms with E-state index in [1.165, 1.54) is 16.0 Å². The number of nitrogens with one attached hydrogen (secondary N) is 1. The van der Waals surface area contributed by atoms with Gasteiger partial charge in [0.2, 0.25) is 5.91 Å². The van der Waals surface area contributed by atoms with Crippen molar-refractivity contribution >= 4 is 18.0 Å². The molecule has 2 fully saturated rings. The lowest BCUT2D eigenvalue weighted by atomic mass is 9.98. The van der Waals surface area contributed by atoms with E-state index >= 15 is 0 Å². The fraction of sp³-hybridized carbons (Fsp3) is 0.444. The first-order valence-electron chi connectivity index (χ1n) is 12.2. The molecule has 2 saturated heterocycles. The Labute approximate surface area is 204 Å². The van der Waals surface area contributed by atoms with Crippen molar-refractivity contribution in [3.8, 4) is 11.1 Å². The molecule has 8 nitrogen and oxygen atoms in total. The average molecular weight is 479 g/mol. The summed E-state index contributed by atoms with van der Waals surface area (Å²) in [5.74, 6) is -1.23. The summed E-state index contributed by atoms with van der Waals surface area (Å²) >= 11 is 0. The number of aliphatic carboxylic acids is 1. The molecule has 0 bridgehead atoms. The van der Waals surface area contributed by atoms with Crippen LogP contribution in [0, 0.1) is 0 Å². The quantitative estimate of drug-likeness (QED) is 0.631. The van der Waals surface area contributed by atoms with E-state index < -0.39 is 18.1 Å². The molecule has 2 unspecified atom stereocenters. The number of alkyl carbamates (subject to hydrolysis) is 1. The Kier molecular flexibility index (Phi) is 6.47. The Hall–Kier alpha value is -3.39. The Morgan fingerprint density at radius 3 is 2.43 bits per heavy atom. The van der Waals surface area contributed by atoms with Gasteiger partial charge in [-0.25, -0.2) is 9.59 Å². The van der Waals surface area contributed by atoms with Gasteiger partial charge in [0.1, 0.15) is 12.6 Å². The van der Waals surface area contributed by atoms with Crippen LogP contribution in [0.5, 0.6) is 0 Å². The largest absolute Gasteiger partial charge is 0.480 e. The van der Waals surface area contributed by atoms with Crippen molar-refractivity contribution in [3.05, 3.63) is 59.7 Å². The molecule has 2 aliphatic heterocycles. The second kappa shape index (κ2) is 9.70. The van der Waals surface area contributed by atoms with Crippen LogP contribution in [-0.4, -0.2) is 65.4 Å². The van der Waals surface area contributed by atoms with Crippen molar-refractivity contribution in [1.29, 1.82) is 0 Å². The van der Waals surface area contributed by atoms with Gasteiger partial charge in [-0.1, -0.05) is 48.5 Å². The average Bonchev–Trinajstić information content (AvgIpc) is 3.53. The van der Waals surface area contributed by atoms with Gasteiger partial charge in [-0.3, -0.25) is 4.79 Å². The van der Waals surface area contributed by atoms with Crippen LogP contribution in [0.3, 0.4) is 0 Å². The topological polar surface area (TPSA) is 105 Å². The summed E-state index contributed by atoms with van der Waals surface area (Å²) in [7, 11) is 0. The predicted octanol–water partition coefficient (Wildman–Crippen LogP) is 3.54. The molecule has 2 aromatic rings. The van der Waals surface area contributed by atoms with Crippen molar-refractivity contribution < 1.29 is 29.0 Å². The van der Waals surface area contributed by atoms with Crippen LogP contribution < -0.4 is 5.32 Å². The molecule has 0 spiro atoms. The van der Waals surface area contributed by atoms with Crippen molar-refractivity contribution in [2.24, 2.45) is 0 Å². The van der Waals surface area contributed by atoms with Crippen LogP contribution in [0.15, 0.2) is 48.5 Å². The molecule has 2 heterocycles. The minimum absolute atomic E-state index is 0.0188. The van der Waals surface area contributed by atoms with Gasteiger partial charge in [0.05, 0.1) is 12.1 Å². The third-order valence-corrected chi connectivity index (χ3v) is 7.40. The van der Waals surface area contributed by atoms with Crippen LogP contribution in [0.2, 0.25) is 0 Å². The Morgan fingerprint density at radius 1 is 1.11 bits per heavy atom. The molecule has 0 saturated carbocycles. The van der Waals surface area contributed by atoms with Gasteiger partial charge < -0.3 is 24.8 Å². The van der Waals surface area contributed by atoms with E-state index in [-0.39, 0.29) is 43.0 Å². The highest BCUT2D eigenvalue weighted by Gasteiger charge is 2.49. The molecule has 0 aromatic heterocycles. The number of nitrogens with zero attached hydrogens (tertiary/aromatic N) is 1. The molecule has 2 N–H and O–H groups in total. The lowest BCUT2D eigenvalue weighted by Crippen LogP contribution is -2.45. The standard InChI is InChI=1S/C27H30N2O6/c1-16(10-11-25(30)29-22-12-13-34-24(22)14-23(29)26(31)32)28-27(33)35-15-21-19-8-4-2-6-17(19)18-7-3-5-9-20(18)21/h2-9,16,21-24H,10-15H2,1H3,(H,28,33)(H,31,32)/t16?,22-,23?,24-/m1/s1. The summed E-state index contributed by atoms with van der Waals surface area (Å²) in [6.45, 7) is 2.59. The highest BCUT2D eigenvalue weighted by Crippen LogP contribution is 2.44. The second-order valence-electron chi connectivity index (χ2n) is 9.57.